The molecule has 1 aromatic carbocycles. The molecule has 7 heteroatoms. The zero-order valence-corrected chi connectivity index (χ0v) is 11.1. The van der Waals surface area contributed by atoms with Gasteiger partial charge >= 0.3 is 0 Å². The second kappa shape index (κ2) is 5.09. The number of methoxy groups -OCH3 is 1. The first-order valence-corrected chi connectivity index (χ1v) is 6.50. The molecular formula is C13H15N3O4. The number of aromatic nitrogens is 1. The van der Waals surface area contributed by atoms with E-state index in [0.29, 0.717) is 17.1 Å². The number of oxazole rings is 1. The Kier molecular flexibility index (Phi) is 3.27. The molecule has 2 heterocycles. The summed E-state index contributed by atoms with van der Waals surface area (Å²) in [7, 11) is 1.72. The lowest BCUT2D eigenvalue weighted by Gasteiger charge is -2.29. The van der Waals surface area contributed by atoms with Crippen molar-refractivity contribution in [1.82, 2.24) is 4.98 Å². The molecule has 0 bridgehead atoms. The monoisotopic (exact) mass is 277 g/mol. The molecule has 3 rings (SSSR count). The number of nitro benzene ring substituents is 1. The SMILES string of the molecule is COC1CCN(c2nc3ccc([N+](=O)[O-])cc3o2)CC1. The Morgan fingerprint density at radius 3 is 2.85 bits per heavy atom. The van der Waals surface area contributed by atoms with Crippen LogP contribution < -0.4 is 4.90 Å². The topological polar surface area (TPSA) is 81.6 Å². The van der Waals surface area contributed by atoms with Crippen molar-refractivity contribution in [2.24, 2.45) is 0 Å². The van der Waals surface area contributed by atoms with Crippen molar-refractivity contribution in [2.45, 2.75) is 18.9 Å². The quantitative estimate of drug-likeness (QED) is 0.632. The van der Waals surface area contributed by atoms with Crippen LogP contribution in [0.3, 0.4) is 0 Å². The molecule has 1 aromatic heterocycles. The third-order valence-corrected chi connectivity index (χ3v) is 3.62. The van der Waals surface area contributed by atoms with Gasteiger partial charge in [0.25, 0.3) is 11.7 Å². The maximum atomic E-state index is 10.7. The van der Waals surface area contributed by atoms with Crippen LogP contribution in [0.4, 0.5) is 11.7 Å². The Labute approximate surface area is 115 Å². The lowest BCUT2D eigenvalue weighted by molar-refractivity contribution is -0.384. The smallest absolute Gasteiger partial charge is 0.298 e. The average molecular weight is 277 g/mol. The molecule has 1 aliphatic heterocycles. The fourth-order valence-corrected chi connectivity index (χ4v) is 2.43. The lowest BCUT2D eigenvalue weighted by atomic mass is 10.1. The number of ether oxygens (including phenoxy) is 1. The summed E-state index contributed by atoms with van der Waals surface area (Å²) in [5, 5.41) is 10.7. The highest BCUT2D eigenvalue weighted by Gasteiger charge is 2.22. The van der Waals surface area contributed by atoms with E-state index in [4.69, 9.17) is 9.15 Å². The van der Waals surface area contributed by atoms with E-state index in [1.54, 1.807) is 13.2 Å². The molecule has 20 heavy (non-hydrogen) atoms. The first-order chi connectivity index (χ1) is 9.67. The van der Waals surface area contributed by atoms with Gasteiger partial charge in [-0.2, -0.15) is 4.98 Å². The Balaban J connectivity index is 1.84. The zero-order chi connectivity index (χ0) is 14.1. The van der Waals surface area contributed by atoms with E-state index in [-0.39, 0.29) is 11.8 Å². The molecule has 0 atom stereocenters. The van der Waals surface area contributed by atoms with Crippen LogP contribution in [0.1, 0.15) is 12.8 Å². The molecule has 0 N–H and O–H groups in total. The first kappa shape index (κ1) is 12.9. The van der Waals surface area contributed by atoms with E-state index in [9.17, 15) is 10.1 Å². The number of hydrogen-bond acceptors (Lipinski definition) is 6. The standard InChI is InChI=1S/C13H15N3O4/c1-19-10-4-6-15(7-5-10)13-14-11-3-2-9(16(17)18)8-12(11)20-13/h2-3,8,10H,4-7H2,1H3. The summed E-state index contributed by atoms with van der Waals surface area (Å²) in [6, 6.07) is 4.98. The van der Waals surface area contributed by atoms with Gasteiger partial charge in [-0.15, -0.1) is 0 Å². The van der Waals surface area contributed by atoms with Gasteiger partial charge in [0, 0.05) is 26.3 Å². The summed E-state index contributed by atoms with van der Waals surface area (Å²) in [6.07, 6.45) is 2.14. The van der Waals surface area contributed by atoms with Crippen LogP contribution in [0.5, 0.6) is 0 Å². The van der Waals surface area contributed by atoms with Crippen LogP contribution in [-0.2, 0) is 4.74 Å². The fourth-order valence-electron chi connectivity index (χ4n) is 2.43. The highest BCUT2D eigenvalue weighted by atomic mass is 16.6. The number of hydrogen-bond donors (Lipinski definition) is 0. The van der Waals surface area contributed by atoms with Gasteiger partial charge in [-0.05, 0) is 18.9 Å². The molecule has 2 aromatic rings. The summed E-state index contributed by atoms with van der Waals surface area (Å²) in [5.74, 6) is 0. The van der Waals surface area contributed by atoms with E-state index in [0.717, 1.165) is 25.9 Å². The third-order valence-electron chi connectivity index (χ3n) is 3.62. The van der Waals surface area contributed by atoms with E-state index in [2.05, 4.69) is 4.98 Å². The summed E-state index contributed by atoms with van der Waals surface area (Å²) < 4.78 is 11.0. The van der Waals surface area contributed by atoms with Crippen LogP contribution >= 0.6 is 0 Å². The molecule has 1 fully saturated rings. The maximum absolute atomic E-state index is 10.7. The second-order valence-electron chi connectivity index (χ2n) is 4.83. The Hall–Kier alpha value is -2.15. The van der Waals surface area contributed by atoms with Gasteiger partial charge in [0.15, 0.2) is 5.58 Å². The summed E-state index contributed by atoms with van der Waals surface area (Å²) >= 11 is 0. The van der Waals surface area contributed by atoms with Crippen molar-refractivity contribution in [3.05, 3.63) is 28.3 Å². The molecule has 0 saturated carbocycles. The molecule has 1 saturated heterocycles. The maximum Gasteiger partial charge on any atom is 0.298 e. The molecule has 0 unspecified atom stereocenters. The van der Waals surface area contributed by atoms with Crippen molar-refractivity contribution in [3.63, 3.8) is 0 Å². The molecule has 7 nitrogen and oxygen atoms in total. The number of piperidine rings is 1. The largest absolute Gasteiger partial charge is 0.423 e. The minimum Gasteiger partial charge on any atom is -0.423 e. The molecule has 0 amide bonds. The normalized spacial score (nSPS) is 16.8. The van der Waals surface area contributed by atoms with Crippen LogP contribution in [0.15, 0.2) is 22.6 Å². The predicted molar refractivity (Wildman–Crippen MR) is 72.9 cm³/mol. The average Bonchev–Trinajstić information content (AvgIpc) is 2.90. The molecular weight excluding hydrogens is 262 g/mol. The summed E-state index contributed by atoms with van der Waals surface area (Å²) in [6.45, 7) is 1.63. The number of fused-ring (bicyclic) bond motifs is 1. The Morgan fingerprint density at radius 1 is 1.45 bits per heavy atom. The minimum atomic E-state index is -0.439. The minimum absolute atomic E-state index is 0.0123. The number of nitro groups is 1. The van der Waals surface area contributed by atoms with Crippen LogP contribution in [0, 0.1) is 10.1 Å². The van der Waals surface area contributed by atoms with E-state index in [1.165, 1.54) is 12.1 Å². The van der Waals surface area contributed by atoms with Crippen molar-refractivity contribution in [3.8, 4) is 0 Å². The van der Waals surface area contributed by atoms with Gasteiger partial charge in [0.05, 0.1) is 17.1 Å². The van der Waals surface area contributed by atoms with Crippen molar-refractivity contribution in [2.75, 3.05) is 25.1 Å². The van der Waals surface area contributed by atoms with Crippen LogP contribution in [0.2, 0.25) is 0 Å². The number of non-ortho nitro benzene ring substituents is 1. The number of anilines is 1. The number of rotatable bonds is 3. The van der Waals surface area contributed by atoms with Crippen molar-refractivity contribution >= 4 is 22.8 Å². The molecule has 106 valence electrons. The van der Waals surface area contributed by atoms with E-state index < -0.39 is 4.92 Å². The molecule has 0 radical (unpaired) electrons. The molecule has 0 aliphatic carbocycles. The predicted octanol–water partition coefficient (Wildman–Crippen LogP) is 2.35. The van der Waals surface area contributed by atoms with E-state index >= 15 is 0 Å². The highest BCUT2D eigenvalue weighted by Crippen LogP contribution is 2.27. The van der Waals surface area contributed by atoms with Gasteiger partial charge in [-0.1, -0.05) is 0 Å². The molecule has 1 aliphatic rings. The number of benzene rings is 1. The van der Waals surface area contributed by atoms with Gasteiger partial charge in [0.2, 0.25) is 0 Å². The fraction of sp³-hybridized carbons (Fsp3) is 0.462. The zero-order valence-electron chi connectivity index (χ0n) is 11.1. The first-order valence-electron chi connectivity index (χ1n) is 6.50. The highest BCUT2D eigenvalue weighted by molar-refractivity contribution is 5.77. The van der Waals surface area contributed by atoms with Gasteiger partial charge in [-0.25, -0.2) is 0 Å². The van der Waals surface area contributed by atoms with Crippen LogP contribution in [0.25, 0.3) is 11.1 Å². The number of nitrogens with zero attached hydrogens (tertiary/aromatic N) is 3. The van der Waals surface area contributed by atoms with Gasteiger partial charge < -0.3 is 14.1 Å². The Bertz CT molecular complexity index is 632. The van der Waals surface area contributed by atoms with Gasteiger partial charge in [-0.3, -0.25) is 10.1 Å². The van der Waals surface area contributed by atoms with E-state index in [1.807, 2.05) is 4.90 Å². The lowest BCUT2D eigenvalue weighted by Crippen LogP contribution is -2.36. The van der Waals surface area contributed by atoms with Gasteiger partial charge in [0.1, 0.15) is 5.52 Å². The van der Waals surface area contributed by atoms with Crippen molar-refractivity contribution in [1.29, 1.82) is 0 Å². The van der Waals surface area contributed by atoms with Crippen LogP contribution in [-0.4, -0.2) is 36.2 Å². The Morgan fingerprint density at radius 2 is 2.20 bits per heavy atom. The summed E-state index contributed by atoms with van der Waals surface area (Å²) in [5.41, 5.74) is 1.10. The summed E-state index contributed by atoms with van der Waals surface area (Å²) in [4.78, 5) is 16.7. The second-order valence-corrected chi connectivity index (χ2v) is 4.83. The van der Waals surface area contributed by atoms with Crippen molar-refractivity contribution < 1.29 is 14.1 Å². The molecule has 0 spiro atoms. The third kappa shape index (κ3) is 2.32.